The van der Waals surface area contributed by atoms with Gasteiger partial charge < -0.3 is 10.1 Å². The van der Waals surface area contributed by atoms with E-state index in [9.17, 15) is 8.78 Å². The number of aryl methyl sites for hydroxylation is 1. The molecule has 0 bridgehead atoms. The van der Waals surface area contributed by atoms with Gasteiger partial charge in [-0.15, -0.1) is 0 Å². The molecule has 0 amide bonds. The summed E-state index contributed by atoms with van der Waals surface area (Å²) in [6.07, 6.45) is 1.84. The van der Waals surface area contributed by atoms with Gasteiger partial charge in [0.15, 0.2) is 0 Å². The predicted octanol–water partition coefficient (Wildman–Crippen LogP) is 3.19. The number of nitrogens with one attached hydrogen (secondary N) is 1. The fourth-order valence-corrected chi connectivity index (χ4v) is 1.74. The van der Waals surface area contributed by atoms with Gasteiger partial charge in [-0.2, -0.15) is 13.9 Å². The summed E-state index contributed by atoms with van der Waals surface area (Å²) in [5, 5.41) is 7.43. The second kappa shape index (κ2) is 5.69. The maximum Gasteiger partial charge on any atom is 0.387 e. The molecule has 19 heavy (non-hydrogen) atoms. The molecule has 0 aliphatic carbocycles. The number of hydrogen-bond acceptors (Lipinski definition) is 3. The van der Waals surface area contributed by atoms with Crippen molar-refractivity contribution in [3.8, 4) is 5.75 Å². The Bertz CT molecular complexity index is 525. The van der Waals surface area contributed by atoms with Crippen molar-refractivity contribution in [3.63, 3.8) is 0 Å². The predicted molar refractivity (Wildman–Crippen MR) is 68.3 cm³/mol. The second-order valence-electron chi connectivity index (χ2n) is 4.19. The van der Waals surface area contributed by atoms with E-state index >= 15 is 0 Å². The van der Waals surface area contributed by atoms with Crippen LogP contribution in [-0.2, 0) is 7.05 Å². The van der Waals surface area contributed by atoms with E-state index in [1.54, 1.807) is 16.8 Å². The molecule has 1 atom stereocenters. The number of alkyl halides is 2. The summed E-state index contributed by atoms with van der Waals surface area (Å²) >= 11 is 0. The number of benzene rings is 1. The molecule has 0 spiro atoms. The molecule has 0 aliphatic heterocycles. The number of anilines is 1. The third-order valence-electron chi connectivity index (χ3n) is 2.68. The SMILES string of the molecule is CC(Nc1ccn(C)n1)c1ccc(OC(F)F)cc1. The normalized spacial score (nSPS) is 12.5. The first-order chi connectivity index (χ1) is 9.04. The van der Waals surface area contributed by atoms with E-state index in [4.69, 9.17) is 0 Å². The Morgan fingerprint density at radius 2 is 1.89 bits per heavy atom. The van der Waals surface area contributed by atoms with Gasteiger partial charge in [0.2, 0.25) is 0 Å². The van der Waals surface area contributed by atoms with Crippen molar-refractivity contribution in [1.82, 2.24) is 9.78 Å². The highest BCUT2D eigenvalue weighted by Gasteiger charge is 2.08. The number of halogens is 2. The van der Waals surface area contributed by atoms with Crippen molar-refractivity contribution in [3.05, 3.63) is 42.1 Å². The Morgan fingerprint density at radius 3 is 2.42 bits per heavy atom. The van der Waals surface area contributed by atoms with Gasteiger partial charge in [0.05, 0.1) is 6.04 Å². The summed E-state index contributed by atoms with van der Waals surface area (Å²) in [6.45, 7) is -0.826. The van der Waals surface area contributed by atoms with Crippen LogP contribution in [0.1, 0.15) is 18.5 Å². The number of aromatic nitrogens is 2. The smallest absolute Gasteiger partial charge is 0.387 e. The highest BCUT2D eigenvalue weighted by atomic mass is 19.3. The third kappa shape index (κ3) is 3.67. The van der Waals surface area contributed by atoms with Gasteiger partial charge in [-0.25, -0.2) is 0 Å². The maximum absolute atomic E-state index is 12.0. The zero-order valence-electron chi connectivity index (χ0n) is 10.7. The molecule has 2 rings (SSSR count). The first kappa shape index (κ1) is 13.3. The van der Waals surface area contributed by atoms with Crippen molar-refractivity contribution in [2.75, 3.05) is 5.32 Å². The summed E-state index contributed by atoms with van der Waals surface area (Å²) in [4.78, 5) is 0. The van der Waals surface area contributed by atoms with Gasteiger partial charge in [-0.3, -0.25) is 4.68 Å². The molecule has 1 aromatic carbocycles. The van der Waals surface area contributed by atoms with Gasteiger partial charge in [0.25, 0.3) is 0 Å². The van der Waals surface area contributed by atoms with Crippen LogP contribution in [0.5, 0.6) is 5.75 Å². The number of nitrogens with zero attached hydrogens (tertiary/aromatic N) is 2. The topological polar surface area (TPSA) is 39.1 Å². The summed E-state index contributed by atoms with van der Waals surface area (Å²) in [7, 11) is 1.84. The molecule has 0 aliphatic rings. The highest BCUT2D eigenvalue weighted by molar-refractivity contribution is 5.38. The lowest BCUT2D eigenvalue weighted by molar-refractivity contribution is -0.0498. The van der Waals surface area contributed by atoms with Crippen LogP contribution in [0.2, 0.25) is 0 Å². The quantitative estimate of drug-likeness (QED) is 0.904. The molecule has 1 heterocycles. The molecule has 2 aromatic rings. The average molecular weight is 267 g/mol. The minimum Gasteiger partial charge on any atom is -0.435 e. The minimum absolute atomic E-state index is 0.0236. The van der Waals surface area contributed by atoms with Crippen LogP contribution in [0.4, 0.5) is 14.6 Å². The van der Waals surface area contributed by atoms with E-state index in [0.29, 0.717) is 0 Å². The van der Waals surface area contributed by atoms with Gasteiger partial charge in [0.1, 0.15) is 11.6 Å². The van der Waals surface area contributed by atoms with Crippen LogP contribution in [-0.4, -0.2) is 16.4 Å². The first-order valence-electron chi connectivity index (χ1n) is 5.85. The molecule has 0 saturated heterocycles. The molecular weight excluding hydrogens is 252 g/mol. The van der Waals surface area contributed by atoms with E-state index in [1.165, 1.54) is 12.1 Å². The molecule has 0 radical (unpaired) electrons. The van der Waals surface area contributed by atoms with Crippen LogP contribution < -0.4 is 10.1 Å². The molecule has 6 heteroatoms. The molecule has 0 saturated carbocycles. The van der Waals surface area contributed by atoms with Gasteiger partial charge in [0, 0.05) is 19.3 Å². The van der Waals surface area contributed by atoms with E-state index in [0.717, 1.165) is 11.4 Å². The molecule has 102 valence electrons. The Kier molecular flexibility index (Phi) is 3.99. The molecule has 1 unspecified atom stereocenters. The molecular formula is C13H15F2N3O. The largest absolute Gasteiger partial charge is 0.435 e. The van der Waals surface area contributed by atoms with Crippen LogP contribution in [0.15, 0.2) is 36.5 Å². The van der Waals surface area contributed by atoms with E-state index in [1.807, 2.05) is 26.2 Å². The zero-order chi connectivity index (χ0) is 13.8. The van der Waals surface area contributed by atoms with Gasteiger partial charge >= 0.3 is 6.61 Å². The summed E-state index contributed by atoms with van der Waals surface area (Å²) in [5.74, 6) is 0.923. The van der Waals surface area contributed by atoms with Crippen LogP contribution in [0.3, 0.4) is 0 Å². The molecule has 1 aromatic heterocycles. The highest BCUT2D eigenvalue weighted by Crippen LogP contribution is 2.21. The van der Waals surface area contributed by atoms with E-state index < -0.39 is 6.61 Å². The molecule has 4 nitrogen and oxygen atoms in total. The van der Waals surface area contributed by atoms with Crippen LogP contribution >= 0.6 is 0 Å². The van der Waals surface area contributed by atoms with Gasteiger partial charge in [-0.1, -0.05) is 12.1 Å². The maximum atomic E-state index is 12.0. The fourth-order valence-electron chi connectivity index (χ4n) is 1.74. The van der Waals surface area contributed by atoms with Crippen molar-refractivity contribution >= 4 is 5.82 Å². The average Bonchev–Trinajstić information content (AvgIpc) is 2.75. The summed E-state index contributed by atoms with van der Waals surface area (Å²) < 4.78 is 30.1. The number of hydrogen-bond donors (Lipinski definition) is 1. The molecule has 1 N–H and O–H groups in total. The van der Waals surface area contributed by atoms with E-state index in [2.05, 4.69) is 15.2 Å². The number of ether oxygens (including phenoxy) is 1. The Labute approximate surface area is 110 Å². The van der Waals surface area contributed by atoms with Crippen molar-refractivity contribution < 1.29 is 13.5 Å². The lowest BCUT2D eigenvalue weighted by Crippen LogP contribution is -2.08. The second-order valence-corrected chi connectivity index (χ2v) is 4.19. The van der Waals surface area contributed by atoms with Crippen LogP contribution in [0, 0.1) is 0 Å². The Morgan fingerprint density at radius 1 is 1.21 bits per heavy atom. The van der Waals surface area contributed by atoms with Gasteiger partial charge in [-0.05, 0) is 24.6 Å². The molecule has 0 fully saturated rings. The first-order valence-corrected chi connectivity index (χ1v) is 5.85. The third-order valence-corrected chi connectivity index (χ3v) is 2.68. The van der Waals surface area contributed by atoms with Crippen molar-refractivity contribution in [1.29, 1.82) is 0 Å². The number of rotatable bonds is 5. The Balaban J connectivity index is 2.01. The van der Waals surface area contributed by atoms with E-state index in [-0.39, 0.29) is 11.8 Å². The standard InChI is InChI=1S/C13H15F2N3O/c1-9(16-12-7-8-18(2)17-12)10-3-5-11(6-4-10)19-13(14)15/h3-9,13H,1-2H3,(H,16,17). The van der Waals surface area contributed by atoms with Crippen LogP contribution in [0.25, 0.3) is 0 Å². The zero-order valence-corrected chi connectivity index (χ0v) is 10.7. The summed E-state index contributed by atoms with van der Waals surface area (Å²) in [6, 6.07) is 8.44. The fraction of sp³-hybridized carbons (Fsp3) is 0.308. The minimum atomic E-state index is -2.80. The summed E-state index contributed by atoms with van der Waals surface area (Å²) in [5.41, 5.74) is 0.965. The Hall–Kier alpha value is -2.11. The monoisotopic (exact) mass is 267 g/mol. The lowest BCUT2D eigenvalue weighted by Gasteiger charge is -2.14. The van der Waals surface area contributed by atoms with Crippen molar-refractivity contribution in [2.24, 2.45) is 7.05 Å². The van der Waals surface area contributed by atoms with Crippen molar-refractivity contribution in [2.45, 2.75) is 19.6 Å². The lowest BCUT2D eigenvalue weighted by atomic mass is 10.1.